The van der Waals surface area contributed by atoms with E-state index in [9.17, 15) is 4.79 Å². The molecule has 0 aliphatic heterocycles. The average Bonchev–Trinajstić information content (AvgIpc) is 2.18. The first-order valence-electron chi connectivity index (χ1n) is 4.82. The number of carbonyl (C=O) groups is 1. The molecule has 1 aromatic carbocycles. The number of amides is 1. The first kappa shape index (κ1) is 11.7. The van der Waals surface area contributed by atoms with Crippen LogP contribution in [-0.2, 0) is 4.84 Å². The van der Waals surface area contributed by atoms with Crippen molar-refractivity contribution in [3.05, 3.63) is 35.4 Å². The maximum atomic E-state index is 11.7. The van der Waals surface area contributed by atoms with Crippen LogP contribution in [0, 0.1) is 6.92 Å². The molecule has 1 unspecified atom stereocenters. The minimum atomic E-state index is -0.108. The summed E-state index contributed by atoms with van der Waals surface area (Å²) in [6, 6.07) is 7.32. The molecule has 0 bridgehead atoms. The zero-order chi connectivity index (χ0) is 11.3. The van der Waals surface area contributed by atoms with Crippen LogP contribution in [0.5, 0.6) is 0 Å². The van der Waals surface area contributed by atoms with Crippen LogP contribution in [0.2, 0.25) is 0 Å². The Bertz CT molecular complexity index is 339. The van der Waals surface area contributed by atoms with Crippen LogP contribution < -0.4 is 11.2 Å². The summed E-state index contributed by atoms with van der Waals surface area (Å²) in [5.41, 5.74) is 1.71. The molecule has 0 saturated heterocycles. The van der Waals surface area contributed by atoms with Crippen molar-refractivity contribution in [1.29, 1.82) is 0 Å². The van der Waals surface area contributed by atoms with E-state index in [1.54, 1.807) is 6.07 Å². The lowest BCUT2D eigenvalue weighted by Gasteiger charge is -2.12. The van der Waals surface area contributed by atoms with Crippen molar-refractivity contribution in [1.82, 2.24) is 5.32 Å². The van der Waals surface area contributed by atoms with Gasteiger partial charge >= 0.3 is 0 Å². The van der Waals surface area contributed by atoms with Crippen LogP contribution in [0.3, 0.4) is 0 Å². The number of hydrogen-bond donors (Lipinski definition) is 2. The summed E-state index contributed by atoms with van der Waals surface area (Å²) < 4.78 is 0. The number of nitrogens with one attached hydrogen (secondary N) is 1. The molecule has 15 heavy (non-hydrogen) atoms. The molecule has 0 saturated carbocycles. The number of nitrogens with two attached hydrogens (primary N) is 1. The van der Waals surface area contributed by atoms with Gasteiger partial charge in [-0.1, -0.05) is 17.7 Å². The number of aryl methyl sites for hydroxylation is 1. The topological polar surface area (TPSA) is 64.3 Å². The Morgan fingerprint density at radius 1 is 1.60 bits per heavy atom. The van der Waals surface area contributed by atoms with Gasteiger partial charge in [0, 0.05) is 5.56 Å². The lowest BCUT2D eigenvalue weighted by atomic mass is 10.1. The van der Waals surface area contributed by atoms with Crippen LogP contribution in [0.25, 0.3) is 0 Å². The first-order chi connectivity index (χ1) is 7.13. The van der Waals surface area contributed by atoms with Gasteiger partial charge < -0.3 is 10.2 Å². The zero-order valence-electron chi connectivity index (χ0n) is 8.99. The predicted molar refractivity (Wildman–Crippen MR) is 58.2 cm³/mol. The van der Waals surface area contributed by atoms with Gasteiger partial charge in [-0.05, 0) is 26.0 Å². The van der Waals surface area contributed by atoms with Gasteiger partial charge in [0.1, 0.15) is 0 Å². The molecule has 0 fully saturated rings. The Balaban J connectivity index is 2.61. The smallest absolute Gasteiger partial charge is 0.251 e. The molecule has 0 aliphatic rings. The summed E-state index contributed by atoms with van der Waals surface area (Å²) in [6.45, 7) is 4.08. The lowest BCUT2D eigenvalue weighted by Crippen LogP contribution is -2.36. The van der Waals surface area contributed by atoms with Crippen molar-refractivity contribution >= 4 is 5.91 Å². The van der Waals surface area contributed by atoms with Crippen LogP contribution in [0.15, 0.2) is 24.3 Å². The minimum absolute atomic E-state index is 0.0944. The molecule has 4 heteroatoms. The molecule has 4 nitrogen and oxygen atoms in total. The Hall–Kier alpha value is -1.39. The highest BCUT2D eigenvalue weighted by molar-refractivity contribution is 5.94. The number of benzene rings is 1. The summed E-state index contributed by atoms with van der Waals surface area (Å²) >= 11 is 0. The molecular formula is C11H16N2O2. The van der Waals surface area contributed by atoms with E-state index in [4.69, 9.17) is 5.90 Å². The number of rotatable bonds is 4. The average molecular weight is 208 g/mol. The molecule has 0 radical (unpaired) electrons. The fourth-order valence-corrected chi connectivity index (χ4v) is 1.28. The summed E-state index contributed by atoms with van der Waals surface area (Å²) in [4.78, 5) is 16.1. The van der Waals surface area contributed by atoms with Crippen LogP contribution in [0.1, 0.15) is 22.8 Å². The lowest BCUT2D eigenvalue weighted by molar-refractivity contribution is 0.0857. The second-order valence-corrected chi connectivity index (χ2v) is 3.58. The van der Waals surface area contributed by atoms with E-state index in [1.165, 1.54) is 0 Å². The molecule has 1 atom stereocenters. The minimum Gasteiger partial charge on any atom is -0.347 e. The summed E-state index contributed by atoms with van der Waals surface area (Å²) in [5, 5.41) is 2.78. The van der Waals surface area contributed by atoms with E-state index in [-0.39, 0.29) is 11.9 Å². The maximum absolute atomic E-state index is 11.7. The third-order valence-corrected chi connectivity index (χ3v) is 2.00. The van der Waals surface area contributed by atoms with E-state index in [1.807, 2.05) is 32.0 Å². The monoisotopic (exact) mass is 208 g/mol. The predicted octanol–water partition coefficient (Wildman–Crippen LogP) is 1.00. The van der Waals surface area contributed by atoms with Crippen LogP contribution in [0.4, 0.5) is 0 Å². The largest absolute Gasteiger partial charge is 0.347 e. The fourth-order valence-electron chi connectivity index (χ4n) is 1.28. The maximum Gasteiger partial charge on any atom is 0.251 e. The van der Waals surface area contributed by atoms with Gasteiger partial charge in [0.15, 0.2) is 0 Å². The van der Waals surface area contributed by atoms with E-state index >= 15 is 0 Å². The second kappa shape index (κ2) is 5.48. The summed E-state index contributed by atoms with van der Waals surface area (Å²) in [6.07, 6.45) is 0. The Morgan fingerprint density at radius 2 is 2.33 bits per heavy atom. The van der Waals surface area contributed by atoms with Crippen molar-refractivity contribution in [2.75, 3.05) is 6.61 Å². The van der Waals surface area contributed by atoms with Gasteiger partial charge in [0.05, 0.1) is 12.6 Å². The van der Waals surface area contributed by atoms with Gasteiger partial charge in [0.25, 0.3) is 5.91 Å². The Kier molecular flexibility index (Phi) is 4.27. The highest BCUT2D eigenvalue weighted by Crippen LogP contribution is 2.03. The van der Waals surface area contributed by atoms with E-state index < -0.39 is 0 Å². The Morgan fingerprint density at radius 3 is 2.93 bits per heavy atom. The van der Waals surface area contributed by atoms with Crippen molar-refractivity contribution in [2.45, 2.75) is 19.9 Å². The van der Waals surface area contributed by atoms with Gasteiger partial charge in [-0.25, -0.2) is 5.90 Å². The van der Waals surface area contributed by atoms with Crippen molar-refractivity contribution < 1.29 is 9.63 Å². The van der Waals surface area contributed by atoms with Crippen molar-refractivity contribution in [2.24, 2.45) is 5.90 Å². The Labute approximate surface area is 89.4 Å². The zero-order valence-corrected chi connectivity index (χ0v) is 8.99. The van der Waals surface area contributed by atoms with Gasteiger partial charge in [-0.15, -0.1) is 0 Å². The van der Waals surface area contributed by atoms with Gasteiger partial charge in [-0.3, -0.25) is 4.79 Å². The summed E-state index contributed by atoms with van der Waals surface area (Å²) in [7, 11) is 0. The third-order valence-electron chi connectivity index (χ3n) is 2.00. The number of hydrogen-bond acceptors (Lipinski definition) is 3. The standard InChI is InChI=1S/C11H16N2O2/c1-8-4-3-5-10(6-8)11(14)13-9(2)7-15-12/h3-6,9H,7,12H2,1-2H3,(H,13,14). The third kappa shape index (κ3) is 3.69. The first-order valence-corrected chi connectivity index (χ1v) is 4.82. The quantitative estimate of drug-likeness (QED) is 0.726. The van der Waals surface area contributed by atoms with E-state index in [2.05, 4.69) is 10.2 Å². The molecule has 1 amide bonds. The fraction of sp³-hybridized carbons (Fsp3) is 0.364. The van der Waals surface area contributed by atoms with Gasteiger partial charge in [0.2, 0.25) is 0 Å². The van der Waals surface area contributed by atoms with Gasteiger partial charge in [-0.2, -0.15) is 0 Å². The molecule has 0 aliphatic carbocycles. The number of carbonyl (C=O) groups excluding carboxylic acids is 1. The molecule has 0 aromatic heterocycles. The molecule has 1 aromatic rings. The van der Waals surface area contributed by atoms with Crippen molar-refractivity contribution in [3.8, 4) is 0 Å². The van der Waals surface area contributed by atoms with E-state index in [0.717, 1.165) is 5.56 Å². The normalized spacial score (nSPS) is 12.2. The highest BCUT2D eigenvalue weighted by Gasteiger charge is 2.09. The molecule has 1 rings (SSSR count). The molecule has 0 spiro atoms. The summed E-state index contributed by atoms with van der Waals surface area (Å²) in [5.74, 6) is 4.81. The van der Waals surface area contributed by atoms with Crippen LogP contribution >= 0.6 is 0 Å². The molecule has 0 heterocycles. The van der Waals surface area contributed by atoms with Crippen LogP contribution in [-0.4, -0.2) is 18.6 Å². The highest BCUT2D eigenvalue weighted by atomic mass is 16.6. The van der Waals surface area contributed by atoms with Crippen molar-refractivity contribution in [3.63, 3.8) is 0 Å². The molecule has 82 valence electrons. The SMILES string of the molecule is Cc1cccc(C(=O)NC(C)CON)c1. The van der Waals surface area contributed by atoms with E-state index in [0.29, 0.717) is 12.2 Å². The molecular weight excluding hydrogens is 192 g/mol. The second-order valence-electron chi connectivity index (χ2n) is 3.58. The molecule has 3 N–H and O–H groups in total.